The minimum absolute atomic E-state index is 0.111. The van der Waals surface area contributed by atoms with Crippen molar-refractivity contribution in [2.45, 2.75) is 76.2 Å². The van der Waals surface area contributed by atoms with Crippen LogP contribution in [0.2, 0.25) is 0 Å². The average Bonchev–Trinajstić information content (AvgIpc) is 2.48. The summed E-state index contributed by atoms with van der Waals surface area (Å²) in [7, 11) is 0. The van der Waals surface area contributed by atoms with Gasteiger partial charge in [0.1, 0.15) is 0 Å². The number of rotatable bonds is 6. The summed E-state index contributed by atoms with van der Waals surface area (Å²) < 4.78 is 5.96. The Hall–Kier alpha value is -0.440. The minimum Gasteiger partial charge on any atom is -0.462 e. The fourth-order valence-electron chi connectivity index (χ4n) is 5.48. The summed E-state index contributed by atoms with van der Waals surface area (Å²) in [6.45, 7) is 15.3. The number of carbonyl (C=O) groups excluding carboxylic acids is 1. The Labute approximate surface area is 152 Å². The number of esters is 1. The lowest BCUT2D eigenvalue weighted by atomic mass is 9.52. The molecule has 0 spiro atoms. The van der Waals surface area contributed by atoms with Crippen LogP contribution >= 0.6 is 11.8 Å². The van der Waals surface area contributed by atoms with Crippen LogP contribution in [0, 0.1) is 29.6 Å². The van der Waals surface area contributed by atoms with Gasteiger partial charge in [0.05, 0.1) is 6.61 Å². The second kappa shape index (κ2) is 6.37. The van der Waals surface area contributed by atoms with Crippen LogP contribution in [0.1, 0.15) is 66.7 Å². The van der Waals surface area contributed by atoms with Gasteiger partial charge in [0.25, 0.3) is 0 Å². The second-order valence-corrected chi connectivity index (χ2v) is 11.6. The fraction of sp³-hybridized carbons (Fsp3) is 0.857. The molecule has 2 nitrogen and oxygen atoms in total. The van der Waals surface area contributed by atoms with Gasteiger partial charge in [0.15, 0.2) is 0 Å². The molecule has 0 N–H and O–H groups in total. The van der Waals surface area contributed by atoms with E-state index in [1.54, 1.807) is 6.92 Å². The topological polar surface area (TPSA) is 26.3 Å². The van der Waals surface area contributed by atoms with Crippen LogP contribution in [0.15, 0.2) is 12.2 Å². The SMILES string of the molecule is C=C(C)C(=O)OCC(C)C(C)(C)SC1(C)C2CC3CC(C2)CC1C3. The highest BCUT2D eigenvalue weighted by Crippen LogP contribution is 2.64. The Bertz CT molecular complexity index is 494. The normalized spacial score (nSPS) is 38.9. The van der Waals surface area contributed by atoms with Crippen LogP contribution in [-0.4, -0.2) is 22.1 Å². The monoisotopic (exact) mass is 350 g/mol. The number of ether oxygens (including phenoxy) is 1. The lowest BCUT2D eigenvalue weighted by Crippen LogP contribution is -2.56. The van der Waals surface area contributed by atoms with Crippen molar-refractivity contribution in [2.75, 3.05) is 6.61 Å². The standard InChI is InChI=1S/C21H34O2S/c1-13(2)19(22)23-12-14(3)20(4,5)24-21(6)17-8-15-7-16(10-17)11-18(21)9-15/h14-18H,1,7-12H2,2-6H3. The molecule has 4 aliphatic carbocycles. The van der Waals surface area contributed by atoms with Crippen molar-refractivity contribution in [2.24, 2.45) is 29.6 Å². The second-order valence-electron chi connectivity index (χ2n) is 9.47. The molecule has 0 aliphatic heterocycles. The van der Waals surface area contributed by atoms with E-state index in [9.17, 15) is 4.79 Å². The van der Waals surface area contributed by atoms with Gasteiger partial charge in [-0.3, -0.25) is 0 Å². The third-order valence-electron chi connectivity index (χ3n) is 7.24. The van der Waals surface area contributed by atoms with Crippen LogP contribution in [-0.2, 0) is 9.53 Å². The molecule has 136 valence electrons. The minimum atomic E-state index is -0.261. The van der Waals surface area contributed by atoms with Crippen molar-refractivity contribution in [3.63, 3.8) is 0 Å². The van der Waals surface area contributed by atoms with Crippen molar-refractivity contribution in [1.82, 2.24) is 0 Å². The van der Waals surface area contributed by atoms with Gasteiger partial charge in [-0.1, -0.05) is 27.4 Å². The average molecular weight is 351 g/mol. The molecular formula is C21H34O2S. The zero-order chi connectivity index (χ0) is 17.7. The van der Waals surface area contributed by atoms with E-state index in [2.05, 4.69) is 46.0 Å². The van der Waals surface area contributed by atoms with Gasteiger partial charge < -0.3 is 4.74 Å². The highest BCUT2D eigenvalue weighted by atomic mass is 32.2. The predicted octanol–water partition coefficient (Wildman–Crippen LogP) is 5.47. The van der Waals surface area contributed by atoms with Gasteiger partial charge in [-0.15, -0.1) is 11.8 Å². The van der Waals surface area contributed by atoms with Crippen molar-refractivity contribution in [3.05, 3.63) is 12.2 Å². The molecule has 0 aromatic heterocycles. The lowest BCUT2D eigenvalue weighted by Gasteiger charge is -2.61. The molecule has 0 heterocycles. The van der Waals surface area contributed by atoms with Crippen molar-refractivity contribution in [3.8, 4) is 0 Å². The Morgan fingerprint density at radius 2 is 1.71 bits per heavy atom. The molecule has 0 aromatic rings. The van der Waals surface area contributed by atoms with E-state index < -0.39 is 0 Å². The van der Waals surface area contributed by atoms with Crippen LogP contribution in [0.4, 0.5) is 0 Å². The summed E-state index contributed by atoms with van der Waals surface area (Å²) in [6.07, 6.45) is 7.30. The summed E-state index contributed by atoms with van der Waals surface area (Å²) in [4.78, 5) is 11.7. The van der Waals surface area contributed by atoms with E-state index in [1.807, 2.05) is 0 Å². The van der Waals surface area contributed by atoms with E-state index in [4.69, 9.17) is 4.74 Å². The number of thioether (sulfide) groups is 1. The van der Waals surface area contributed by atoms with Crippen LogP contribution in [0.5, 0.6) is 0 Å². The van der Waals surface area contributed by atoms with Crippen LogP contribution in [0.25, 0.3) is 0 Å². The first-order valence-corrected chi connectivity index (χ1v) is 10.5. The largest absolute Gasteiger partial charge is 0.462 e. The lowest BCUT2D eigenvalue weighted by molar-refractivity contribution is -0.140. The molecule has 0 amide bonds. The maximum atomic E-state index is 11.7. The molecule has 4 fully saturated rings. The van der Waals surface area contributed by atoms with E-state index >= 15 is 0 Å². The maximum Gasteiger partial charge on any atom is 0.333 e. The molecule has 4 rings (SSSR count). The first-order valence-electron chi connectivity index (χ1n) is 9.64. The van der Waals surface area contributed by atoms with E-state index in [-0.39, 0.29) is 10.7 Å². The predicted molar refractivity (Wildman–Crippen MR) is 102 cm³/mol. The zero-order valence-corrected chi connectivity index (χ0v) is 16.9. The molecule has 0 saturated heterocycles. The van der Waals surface area contributed by atoms with E-state index in [0.717, 1.165) is 23.7 Å². The molecule has 3 heteroatoms. The fourth-order valence-corrected chi connectivity index (χ4v) is 7.60. The number of hydrogen-bond donors (Lipinski definition) is 0. The van der Waals surface area contributed by atoms with Crippen molar-refractivity contribution in [1.29, 1.82) is 0 Å². The van der Waals surface area contributed by atoms with E-state index in [0.29, 0.717) is 22.8 Å². The zero-order valence-electron chi connectivity index (χ0n) is 16.1. The summed E-state index contributed by atoms with van der Waals surface area (Å²) in [5.74, 6) is 3.88. The molecule has 0 radical (unpaired) electrons. The van der Waals surface area contributed by atoms with Gasteiger partial charge >= 0.3 is 5.97 Å². The summed E-state index contributed by atoms with van der Waals surface area (Å²) in [5.41, 5.74) is 0.487. The molecule has 1 unspecified atom stereocenters. The highest BCUT2D eigenvalue weighted by Gasteiger charge is 2.56. The van der Waals surface area contributed by atoms with Crippen molar-refractivity contribution >= 4 is 17.7 Å². The first kappa shape index (κ1) is 18.4. The molecule has 24 heavy (non-hydrogen) atoms. The summed E-state index contributed by atoms with van der Waals surface area (Å²) in [5, 5.41) is 0. The van der Waals surface area contributed by atoms with Crippen LogP contribution < -0.4 is 0 Å². The van der Waals surface area contributed by atoms with Gasteiger partial charge in [-0.25, -0.2) is 4.79 Å². The summed E-state index contributed by atoms with van der Waals surface area (Å²) >= 11 is 2.19. The van der Waals surface area contributed by atoms with Crippen LogP contribution in [0.3, 0.4) is 0 Å². The molecule has 1 atom stereocenters. The third-order valence-corrected chi connectivity index (χ3v) is 9.28. The van der Waals surface area contributed by atoms with E-state index in [1.165, 1.54) is 32.1 Å². The molecule has 4 saturated carbocycles. The van der Waals surface area contributed by atoms with Gasteiger partial charge in [-0.2, -0.15) is 0 Å². The molecule has 0 aromatic carbocycles. The molecule has 4 bridgehead atoms. The summed E-state index contributed by atoms with van der Waals surface area (Å²) in [6, 6.07) is 0. The quantitative estimate of drug-likeness (QED) is 0.469. The number of hydrogen-bond acceptors (Lipinski definition) is 3. The Kier molecular flexibility index (Phi) is 4.87. The highest BCUT2D eigenvalue weighted by molar-refractivity contribution is 8.02. The van der Waals surface area contributed by atoms with Gasteiger partial charge in [0, 0.05) is 21.0 Å². The Morgan fingerprint density at radius 3 is 2.17 bits per heavy atom. The number of carbonyl (C=O) groups is 1. The Balaban J connectivity index is 1.65. The molecular weight excluding hydrogens is 316 g/mol. The van der Waals surface area contributed by atoms with Crippen molar-refractivity contribution < 1.29 is 9.53 Å². The molecule has 4 aliphatic rings. The van der Waals surface area contributed by atoms with Gasteiger partial charge in [-0.05, 0) is 69.6 Å². The first-order chi connectivity index (χ1) is 11.1. The maximum absolute atomic E-state index is 11.7. The third kappa shape index (κ3) is 3.30. The van der Waals surface area contributed by atoms with Gasteiger partial charge in [0.2, 0.25) is 0 Å². The smallest absolute Gasteiger partial charge is 0.333 e. The Morgan fingerprint density at radius 1 is 1.21 bits per heavy atom.